The van der Waals surface area contributed by atoms with Crippen molar-refractivity contribution in [2.24, 2.45) is 0 Å². The Morgan fingerprint density at radius 2 is 1.76 bits per heavy atom. The van der Waals surface area contributed by atoms with Gasteiger partial charge < -0.3 is 20.8 Å². The molecule has 0 saturated carbocycles. The highest BCUT2D eigenvalue weighted by atomic mass is 16.4. The fourth-order valence-electron chi connectivity index (χ4n) is 2.31. The summed E-state index contributed by atoms with van der Waals surface area (Å²) in [6.45, 7) is 4.39. The van der Waals surface area contributed by atoms with Crippen molar-refractivity contribution in [3.8, 4) is 0 Å². The highest BCUT2D eigenvalue weighted by molar-refractivity contribution is 5.86. The first-order valence-electron chi connectivity index (χ1n) is 7.13. The molecule has 1 aliphatic heterocycles. The summed E-state index contributed by atoms with van der Waals surface area (Å²) in [7, 11) is 0. The maximum Gasteiger partial charge on any atom is 0.326 e. The number of aliphatic carboxylic acids is 2. The number of urea groups is 1. The van der Waals surface area contributed by atoms with Gasteiger partial charge in [0.1, 0.15) is 6.04 Å². The van der Waals surface area contributed by atoms with Gasteiger partial charge in [0.25, 0.3) is 0 Å². The lowest BCUT2D eigenvalue weighted by atomic mass is 10.1. The number of carbonyl (C=O) groups excluding carboxylic acids is 1. The van der Waals surface area contributed by atoms with E-state index in [-0.39, 0.29) is 6.04 Å². The predicted octanol–water partition coefficient (Wildman–Crippen LogP) is 0.0879. The SMILES string of the molecule is CC(CNC(=O)N[C@@H](CC(=O)O)C(=O)O)N1CCCCC1. The third kappa shape index (κ3) is 6.44. The van der Waals surface area contributed by atoms with E-state index in [9.17, 15) is 14.4 Å². The van der Waals surface area contributed by atoms with Crippen molar-refractivity contribution in [1.29, 1.82) is 0 Å². The number of nitrogens with zero attached hydrogens (tertiary/aromatic N) is 1. The van der Waals surface area contributed by atoms with Gasteiger partial charge in [0, 0.05) is 12.6 Å². The molecular formula is C13H23N3O5. The first-order chi connectivity index (χ1) is 9.90. The first kappa shape index (κ1) is 17.2. The van der Waals surface area contributed by atoms with Gasteiger partial charge in [-0.2, -0.15) is 0 Å². The third-order valence-electron chi connectivity index (χ3n) is 3.55. The van der Waals surface area contributed by atoms with E-state index in [0.717, 1.165) is 25.9 Å². The highest BCUT2D eigenvalue weighted by Gasteiger charge is 2.23. The Balaban J connectivity index is 2.34. The van der Waals surface area contributed by atoms with Crippen LogP contribution in [0.5, 0.6) is 0 Å². The van der Waals surface area contributed by atoms with E-state index in [1.165, 1.54) is 6.42 Å². The molecule has 1 unspecified atom stereocenters. The molecule has 0 aliphatic carbocycles. The lowest BCUT2D eigenvalue weighted by Crippen LogP contribution is -2.50. The van der Waals surface area contributed by atoms with Gasteiger partial charge in [0.15, 0.2) is 0 Å². The number of hydrogen-bond donors (Lipinski definition) is 4. The van der Waals surface area contributed by atoms with Crippen LogP contribution in [0, 0.1) is 0 Å². The summed E-state index contributed by atoms with van der Waals surface area (Å²) in [6.07, 6.45) is 2.88. The summed E-state index contributed by atoms with van der Waals surface area (Å²) < 4.78 is 0. The van der Waals surface area contributed by atoms with E-state index in [0.29, 0.717) is 6.54 Å². The van der Waals surface area contributed by atoms with Crippen molar-refractivity contribution >= 4 is 18.0 Å². The smallest absolute Gasteiger partial charge is 0.326 e. The monoisotopic (exact) mass is 301 g/mol. The summed E-state index contributed by atoms with van der Waals surface area (Å²) >= 11 is 0. The summed E-state index contributed by atoms with van der Waals surface area (Å²) in [5, 5.41) is 22.2. The van der Waals surface area contributed by atoms with Crippen molar-refractivity contribution in [3.05, 3.63) is 0 Å². The summed E-state index contributed by atoms with van der Waals surface area (Å²) in [5.41, 5.74) is 0. The second kappa shape index (κ2) is 8.46. The van der Waals surface area contributed by atoms with Gasteiger partial charge in [-0.15, -0.1) is 0 Å². The zero-order valence-electron chi connectivity index (χ0n) is 12.2. The normalized spacial score (nSPS) is 18.5. The number of amides is 2. The summed E-state index contributed by atoms with van der Waals surface area (Å²) in [6, 6.07) is -1.92. The average molecular weight is 301 g/mol. The fraction of sp³-hybridized carbons (Fsp3) is 0.769. The molecular weight excluding hydrogens is 278 g/mol. The molecule has 1 aliphatic rings. The number of carbonyl (C=O) groups is 3. The maximum absolute atomic E-state index is 11.6. The lowest BCUT2D eigenvalue weighted by Gasteiger charge is -2.32. The van der Waals surface area contributed by atoms with Crippen LogP contribution in [-0.2, 0) is 9.59 Å². The molecule has 0 aromatic rings. The van der Waals surface area contributed by atoms with Crippen LogP contribution in [0.15, 0.2) is 0 Å². The largest absolute Gasteiger partial charge is 0.481 e. The molecule has 0 bridgehead atoms. The van der Waals surface area contributed by atoms with Crippen LogP contribution >= 0.6 is 0 Å². The average Bonchev–Trinajstić information content (AvgIpc) is 2.44. The molecule has 4 N–H and O–H groups in total. The molecule has 2 atom stereocenters. The summed E-state index contributed by atoms with van der Waals surface area (Å²) in [4.78, 5) is 35.3. The fourth-order valence-corrected chi connectivity index (χ4v) is 2.31. The quantitative estimate of drug-likeness (QED) is 0.529. The van der Waals surface area contributed by atoms with Crippen LogP contribution in [0.1, 0.15) is 32.6 Å². The number of likely N-dealkylation sites (tertiary alicyclic amines) is 1. The van der Waals surface area contributed by atoms with Crippen LogP contribution in [0.4, 0.5) is 4.79 Å². The minimum absolute atomic E-state index is 0.166. The van der Waals surface area contributed by atoms with E-state index in [1.807, 2.05) is 6.92 Å². The Kier molecular flexibility index (Phi) is 6.93. The third-order valence-corrected chi connectivity index (χ3v) is 3.55. The maximum atomic E-state index is 11.6. The van der Waals surface area contributed by atoms with Gasteiger partial charge in [0.05, 0.1) is 6.42 Å². The van der Waals surface area contributed by atoms with Crippen molar-refractivity contribution in [2.75, 3.05) is 19.6 Å². The van der Waals surface area contributed by atoms with Crippen molar-refractivity contribution in [2.45, 2.75) is 44.7 Å². The minimum Gasteiger partial charge on any atom is -0.481 e. The van der Waals surface area contributed by atoms with Crippen LogP contribution in [0.25, 0.3) is 0 Å². The molecule has 120 valence electrons. The Hall–Kier alpha value is -1.83. The van der Waals surface area contributed by atoms with E-state index < -0.39 is 30.4 Å². The van der Waals surface area contributed by atoms with Gasteiger partial charge in [-0.25, -0.2) is 9.59 Å². The minimum atomic E-state index is -1.42. The molecule has 0 aromatic heterocycles. The molecule has 0 aromatic carbocycles. The van der Waals surface area contributed by atoms with Gasteiger partial charge in [-0.1, -0.05) is 6.42 Å². The van der Waals surface area contributed by atoms with E-state index >= 15 is 0 Å². The second-order valence-electron chi connectivity index (χ2n) is 5.29. The van der Waals surface area contributed by atoms with Gasteiger partial charge >= 0.3 is 18.0 Å². The van der Waals surface area contributed by atoms with Crippen molar-refractivity contribution < 1.29 is 24.6 Å². The number of piperidine rings is 1. The number of carboxylic acid groups (broad SMARTS) is 2. The Morgan fingerprint density at radius 3 is 2.29 bits per heavy atom. The molecule has 1 rings (SSSR count). The van der Waals surface area contributed by atoms with Gasteiger partial charge in [-0.3, -0.25) is 9.69 Å². The Morgan fingerprint density at radius 1 is 1.14 bits per heavy atom. The van der Waals surface area contributed by atoms with E-state index in [4.69, 9.17) is 10.2 Å². The molecule has 8 nitrogen and oxygen atoms in total. The number of nitrogens with one attached hydrogen (secondary N) is 2. The molecule has 0 radical (unpaired) electrons. The summed E-state index contributed by atoms with van der Waals surface area (Å²) in [5.74, 6) is -2.64. The Bertz CT molecular complexity index is 382. The second-order valence-corrected chi connectivity index (χ2v) is 5.29. The number of rotatable bonds is 7. The van der Waals surface area contributed by atoms with Gasteiger partial charge in [-0.05, 0) is 32.9 Å². The molecule has 2 amide bonds. The van der Waals surface area contributed by atoms with Crippen molar-refractivity contribution in [3.63, 3.8) is 0 Å². The molecule has 21 heavy (non-hydrogen) atoms. The van der Waals surface area contributed by atoms with E-state index in [2.05, 4.69) is 15.5 Å². The zero-order chi connectivity index (χ0) is 15.8. The molecule has 1 heterocycles. The molecule has 1 fully saturated rings. The number of carboxylic acids is 2. The number of hydrogen-bond acceptors (Lipinski definition) is 4. The van der Waals surface area contributed by atoms with Gasteiger partial charge in [0.2, 0.25) is 0 Å². The predicted molar refractivity (Wildman–Crippen MR) is 75.1 cm³/mol. The van der Waals surface area contributed by atoms with Crippen LogP contribution in [0.2, 0.25) is 0 Å². The Labute approximate surface area is 123 Å². The topological polar surface area (TPSA) is 119 Å². The first-order valence-corrected chi connectivity index (χ1v) is 7.13. The van der Waals surface area contributed by atoms with E-state index in [1.54, 1.807) is 0 Å². The van der Waals surface area contributed by atoms with Crippen LogP contribution in [-0.4, -0.2) is 64.8 Å². The van der Waals surface area contributed by atoms with Crippen LogP contribution < -0.4 is 10.6 Å². The lowest BCUT2D eigenvalue weighted by molar-refractivity contribution is -0.145. The highest BCUT2D eigenvalue weighted by Crippen LogP contribution is 2.11. The molecule has 0 spiro atoms. The zero-order valence-corrected chi connectivity index (χ0v) is 12.2. The molecule has 8 heteroatoms. The van der Waals surface area contributed by atoms with Crippen molar-refractivity contribution in [1.82, 2.24) is 15.5 Å². The standard InChI is InChI=1S/C13H23N3O5/c1-9(16-5-3-2-4-6-16)8-14-13(21)15-10(12(19)20)7-11(17)18/h9-10H,2-8H2,1H3,(H,17,18)(H,19,20)(H2,14,15,21)/t9?,10-/m0/s1. The van der Waals surface area contributed by atoms with Crippen LogP contribution in [0.3, 0.4) is 0 Å². The molecule has 1 saturated heterocycles.